The van der Waals surface area contributed by atoms with E-state index in [1.165, 1.54) is 6.20 Å². The standard InChI is InChI=1S/C5H11N3/c1-4(2-3-6)5(7)8/h2-3H,6-8H2,1H3. The molecule has 0 saturated carbocycles. The van der Waals surface area contributed by atoms with Crippen LogP contribution in [0.25, 0.3) is 0 Å². The van der Waals surface area contributed by atoms with Crippen molar-refractivity contribution in [2.75, 3.05) is 0 Å². The Bertz CT molecular complexity index is 120. The van der Waals surface area contributed by atoms with Gasteiger partial charge in [-0.2, -0.15) is 0 Å². The third-order valence-electron chi connectivity index (χ3n) is 0.802. The van der Waals surface area contributed by atoms with Crippen LogP contribution < -0.4 is 17.2 Å². The van der Waals surface area contributed by atoms with Crippen molar-refractivity contribution in [2.45, 2.75) is 6.92 Å². The van der Waals surface area contributed by atoms with Crippen molar-refractivity contribution in [3.8, 4) is 0 Å². The molecule has 0 radical (unpaired) electrons. The van der Waals surface area contributed by atoms with Crippen molar-refractivity contribution in [1.82, 2.24) is 0 Å². The van der Waals surface area contributed by atoms with E-state index in [2.05, 4.69) is 0 Å². The molecule has 0 fully saturated rings. The summed E-state index contributed by atoms with van der Waals surface area (Å²) in [5, 5.41) is 0. The quantitative estimate of drug-likeness (QED) is 0.405. The molecule has 0 aliphatic heterocycles. The fourth-order valence-corrected chi connectivity index (χ4v) is 0.241. The van der Waals surface area contributed by atoms with Crippen LogP contribution in [0.1, 0.15) is 6.92 Å². The van der Waals surface area contributed by atoms with E-state index >= 15 is 0 Å². The summed E-state index contributed by atoms with van der Waals surface area (Å²) in [6.45, 7) is 1.79. The van der Waals surface area contributed by atoms with Gasteiger partial charge in [0.05, 0.1) is 5.82 Å². The first-order valence-electron chi connectivity index (χ1n) is 2.28. The molecule has 8 heavy (non-hydrogen) atoms. The molecule has 0 spiro atoms. The van der Waals surface area contributed by atoms with E-state index in [9.17, 15) is 0 Å². The lowest BCUT2D eigenvalue weighted by Crippen LogP contribution is -2.09. The molecule has 0 bridgehead atoms. The molecular weight excluding hydrogens is 102 g/mol. The summed E-state index contributed by atoms with van der Waals surface area (Å²) in [5.41, 5.74) is 16.2. The maximum Gasteiger partial charge on any atom is 0.0964 e. The lowest BCUT2D eigenvalue weighted by atomic mass is 10.3. The molecule has 0 amide bonds. The molecule has 0 aliphatic carbocycles. The molecule has 0 rings (SSSR count). The second-order valence-corrected chi connectivity index (χ2v) is 1.50. The van der Waals surface area contributed by atoms with Gasteiger partial charge in [0, 0.05) is 0 Å². The third kappa shape index (κ3) is 2.12. The highest BCUT2D eigenvalue weighted by Crippen LogP contribution is 1.91. The van der Waals surface area contributed by atoms with Crippen LogP contribution in [-0.2, 0) is 0 Å². The van der Waals surface area contributed by atoms with Gasteiger partial charge in [0.15, 0.2) is 0 Å². The molecule has 6 N–H and O–H groups in total. The molecule has 0 unspecified atom stereocenters. The largest absolute Gasteiger partial charge is 0.405 e. The maximum atomic E-state index is 5.17. The number of rotatable bonds is 1. The summed E-state index contributed by atoms with van der Waals surface area (Å²) >= 11 is 0. The van der Waals surface area contributed by atoms with Gasteiger partial charge in [0.1, 0.15) is 0 Å². The minimum atomic E-state index is 0.312. The first kappa shape index (κ1) is 6.88. The minimum absolute atomic E-state index is 0.312. The Kier molecular flexibility index (Phi) is 2.54. The molecule has 0 atom stereocenters. The van der Waals surface area contributed by atoms with Gasteiger partial charge in [-0.05, 0) is 24.8 Å². The number of hydrogen-bond donors (Lipinski definition) is 3. The smallest absolute Gasteiger partial charge is 0.0964 e. The van der Waals surface area contributed by atoms with Gasteiger partial charge in [-0.3, -0.25) is 0 Å². The number of hydrogen-bond acceptors (Lipinski definition) is 3. The van der Waals surface area contributed by atoms with E-state index in [0.29, 0.717) is 5.82 Å². The minimum Gasteiger partial charge on any atom is -0.405 e. The summed E-state index contributed by atoms with van der Waals surface area (Å²) in [6.07, 6.45) is 3.05. The van der Waals surface area contributed by atoms with E-state index in [0.717, 1.165) is 5.57 Å². The van der Waals surface area contributed by atoms with Gasteiger partial charge in [-0.1, -0.05) is 0 Å². The van der Waals surface area contributed by atoms with E-state index in [4.69, 9.17) is 17.2 Å². The van der Waals surface area contributed by atoms with Gasteiger partial charge in [-0.15, -0.1) is 0 Å². The van der Waals surface area contributed by atoms with Gasteiger partial charge < -0.3 is 17.2 Å². The van der Waals surface area contributed by atoms with Crippen LogP contribution in [0.2, 0.25) is 0 Å². The average Bonchev–Trinajstić information content (AvgIpc) is 1.67. The van der Waals surface area contributed by atoms with Crippen molar-refractivity contribution in [1.29, 1.82) is 0 Å². The van der Waals surface area contributed by atoms with Crippen molar-refractivity contribution in [2.24, 2.45) is 17.2 Å². The molecule has 0 aromatic carbocycles. The van der Waals surface area contributed by atoms with Gasteiger partial charge in [0.2, 0.25) is 0 Å². The topological polar surface area (TPSA) is 78.1 Å². The summed E-state index contributed by atoms with van der Waals surface area (Å²) < 4.78 is 0. The summed E-state index contributed by atoms with van der Waals surface area (Å²) in [4.78, 5) is 0. The van der Waals surface area contributed by atoms with Crippen LogP contribution in [0, 0.1) is 0 Å². The monoisotopic (exact) mass is 113 g/mol. The molecule has 46 valence electrons. The third-order valence-corrected chi connectivity index (χ3v) is 0.802. The second-order valence-electron chi connectivity index (χ2n) is 1.50. The zero-order valence-corrected chi connectivity index (χ0v) is 4.89. The van der Waals surface area contributed by atoms with Crippen LogP contribution in [0.3, 0.4) is 0 Å². The van der Waals surface area contributed by atoms with Crippen molar-refractivity contribution >= 4 is 0 Å². The van der Waals surface area contributed by atoms with Crippen LogP contribution in [0.15, 0.2) is 23.7 Å². The molecule has 0 aromatic rings. The van der Waals surface area contributed by atoms with Gasteiger partial charge >= 0.3 is 0 Å². The van der Waals surface area contributed by atoms with Gasteiger partial charge in [-0.25, -0.2) is 0 Å². The van der Waals surface area contributed by atoms with Crippen molar-refractivity contribution in [3.05, 3.63) is 23.7 Å². The molecule has 0 saturated heterocycles. The number of allylic oxidation sites excluding steroid dienone is 2. The van der Waals surface area contributed by atoms with Crippen LogP contribution in [0.5, 0.6) is 0 Å². The first-order valence-corrected chi connectivity index (χ1v) is 2.28. The SMILES string of the molecule is CC(C=CN)=C(N)N. The van der Waals surface area contributed by atoms with E-state index in [1.807, 2.05) is 0 Å². The number of nitrogens with two attached hydrogens (primary N) is 3. The van der Waals surface area contributed by atoms with E-state index < -0.39 is 0 Å². The molecule has 0 aliphatic rings. The molecule has 0 aromatic heterocycles. The van der Waals surface area contributed by atoms with Crippen LogP contribution >= 0.6 is 0 Å². The zero-order valence-electron chi connectivity index (χ0n) is 4.89. The van der Waals surface area contributed by atoms with Crippen LogP contribution in [-0.4, -0.2) is 0 Å². The Balaban J connectivity index is 4.00. The van der Waals surface area contributed by atoms with Crippen molar-refractivity contribution < 1.29 is 0 Å². The molecule has 3 heteroatoms. The summed E-state index contributed by atoms with van der Waals surface area (Å²) in [7, 11) is 0. The average molecular weight is 113 g/mol. The van der Waals surface area contributed by atoms with Gasteiger partial charge in [0.25, 0.3) is 0 Å². The lowest BCUT2D eigenvalue weighted by Gasteiger charge is -1.92. The molecular formula is C5H11N3. The van der Waals surface area contributed by atoms with E-state index in [1.54, 1.807) is 13.0 Å². The fourth-order valence-electron chi connectivity index (χ4n) is 0.241. The Morgan fingerprint density at radius 1 is 1.38 bits per heavy atom. The first-order chi connectivity index (χ1) is 3.68. The Morgan fingerprint density at radius 2 is 1.88 bits per heavy atom. The summed E-state index contributed by atoms with van der Waals surface area (Å²) in [5.74, 6) is 0.312. The highest BCUT2D eigenvalue weighted by atomic mass is 14.8. The van der Waals surface area contributed by atoms with Crippen molar-refractivity contribution in [3.63, 3.8) is 0 Å². The fraction of sp³-hybridized carbons (Fsp3) is 0.200. The van der Waals surface area contributed by atoms with Crippen LogP contribution in [0.4, 0.5) is 0 Å². The Labute approximate surface area is 48.8 Å². The van der Waals surface area contributed by atoms with E-state index in [-0.39, 0.29) is 0 Å². The predicted octanol–water partition coefficient (Wildman–Crippen LogP) is -0.392. The Morgan fingerprint density at radius 3 is 2.00 bits per heavy atom. The lowest BCUT2D eigenvalue weighted by molar-refractivity contribution is 1.19. The Hall–Kier alpha value is -1.12. The summed E-state index contributed by atoms with van der Waals surface area (Å²) in [6, 6.07) is 0. The predicted molar refractivity (Wildman–Crippen MR) is 34.4 cm³/mol. The normalized spacial score (nSPS) is 9.62. The molecule has 3 nitrogen and oxygen atoms in total. The second kappa shape index (κ2) is 2.96. The molecule has 0 heterocycles. The maximum absolute atomic E-state index is 5.17. The highest BCUT2D eigenvalue weighted by Gasteiger charge is 1.82. The zero-order chi connectivity index (χ0) is 6.57. The highest BCUT2D eigenvalue weighted by molar-refractivity contribution is 5.18.